The summed E-state index contributed by atoms with van der Waals surface area (Å²) >= 11 is 6.01. The highest BCUT2D eigenvalue weighted by Crippen LogP contribution is 2.44. The fraction of sp³-hybridized carbons (Fsp3) is 0.364. The molecule has 0 radical (unpaired) electrons. The molecule has 4 aromatic rings. The van der Waals surface area contributed by atoms with E-state index in [0.29, 0.717) is 40.8 Å². The van der Waals surface area contributed by atoms with E-state index in [4.69, 9.17) is 26.1 Å². The molecule has 0 bridgehead atoms. The van der Waals surface area contributed by atoms with Gasteiger partial charge in [-0.25, -0.2) is 19.2 Å². The average Bonchev–Trinajstić information content (AvgIpc) is 3.30. The van der Waals surface area contributed by atoms with Crippen molar-refractivity contribution >= 4 is 34.8 Å². The van der Waals surface area contributed by atoms with Gasteiger partial charge in [0.2, 0.25) is 0 Å². The number of carbonyl (C=O) groups is 1. The van der Waals surface area contributed by atoms with E-state index in [-0.39, 0.29) is 11.8 Å². The van der Waals surface area contributed by atoms with Crippen LogP contribution in [0.25, 0.3) is 17.2 Å². The molecule has 1 N–H and O–H groups in total. The first kappa shape index (κ1) is 28.0. The van der Waals surface area contributed by atoms with Gasteiger partial charge in [-0.3, -0.25) is 4.90 Å². The number of para-hydroxylation sites is 1. The maximum absolute atomic E-state index is 14.9. The van der Waals surface area contributed by atoms with Gasteiger partial charge in [0.25, 0.3) is 0 Å². The lowest BCUT2D eigenvalue weighted by Gasteiger charge is -2.37. The summed E-state index contributed by atoms with van der Waals surface area (Å²) in [6.45, 7) is 5.59. The Morgan fingerprint density at radius 3 is 2.67 bits per heavy atom. The zero-order valence-corrected chi connectivity index (χ0v) is 24.6. The fourth-order valence-corrected chi connectivity index (χ4v) is 6.55. The molecule has 2 aromatic heterocycles. The van der Waals surface area contributed by atoms with E-state index in [0.717, 1.165) is 61.7 Å². The van der Waals surface area contributed by atoms with Crippen LogP contribution < -0.4 is 4.74 Å². The van der Waals surface area contributed by atoms with Gasteiger partial charge in [0.05, 0.1) is 19.2 Å². The van der Waals surface area contributed by atoms with Gasteiger partial charge in [0, 0.05) is 22.8 Å². The number of imidazole rings is 1. The largest absolute Gasteiger partial charge is 0.478 e. The standard InChI is InChI=1S/C33H32ClFN4O4/c1-33(25-6-5-22(34)17-26(25)35)13-9-21-3-2-4-24(30(21)43-33)20-10-14-38(15-11-20)19-29-36-27-7-8-28(32(40)41)37-31(27)39(29)18-23-12-16-42-23/h2-9,13,17,20,23H,10-12,14-16,18-19H2,1H3,(H,40,41)/t23-,33+/m0/s1. The van der Waals surface area contributed by atoms with Gasteiger partial charge >= 0.3 is 5.97 Å². The van der Waals surface area contributed by atoms with Gasteiger partial charge in [-0.15, -0.1) is 0 Å². The second kappa shape index (κ2) is 11.0. The third-order valence-electron chi connectivity index (χ3n) is 8.90. The third-order valence-corrected chi connectivity index (χ3v) is 9.13. The van der Waals surface area contributed by atoms with Crippen molar-refractivity contribution in [3.05, 3.63) is 93.7 Å². The van der Waals surface area contributed by atoms with Crippen LogP contribution in [-0.2, 0) is 23.4 Å². The first-order chi connectivity index (χ1) is 20.8. The number of hydrogen-bond donors (Lipinski definition) is 1. The summed E-state index contributed by atoms with van der Waals surface area (Å²) in [6.07, 6.45) is 6.84. The van der Waals surface area contributed by atoms with E-state index >= 15 is 0 Å². The molecule has 2 atom stereocenters. The molecule has 2 aromatic carbocycles. The Kier molecular flexibility index (Phi) is 7.19. The van der Waals surface area contributed by atoms with Crippen LogP contribution in [0.15, 0.2) is 54.6 Å². The van der Waals surface area contributed by atoms with Gasteiger partial charge in [0.15, 0.2) is 16.9 Å². The van der Waals surface area contributed by atoms with E-state index in [9.17, 15) is 14.3 Å². The lowest BCUT2D eigenvalue weighted by molar-refractivity contribution is -0.0593. The summed E-state index contributed by atoms with van der Waals surface area (Å²) in [7, 11) is 0. The van der Waals surface area contributed by atoms with E-state index in [1.807, 2.05) is 29.7 Å². The second-order valence-corrected chi connectivity index (χ2v) is 12.2. The molecule has 0 unspecified atom stereocenters. The Hall–Kier alpha value is -3.79. The summed E-state index contributed by atoms with van der Waals surface area (Å²) in [4.78, 5) is 23.2. The molecule has 2 saturated heterocycles. The van der Waals surface area contributed by atoms with Crippen molar-refractivity contribution in [3.8, 4) is 5.75 Å². The van der Waals surface area contributed by atoms with Crippen LogP contribution in [0.5, 0.6) is 5.75 Å². The average molecular weight is 603 g/mol. The minimum Gasteiger partial charge on any atom is -0.478 e. The van der Waals surface area contributed by atoms with Gasteiger partial charge in [0.1, 0.15) is 22.9 Å². The van der Waals surface area contributed by atoms with E-state index in [2.05, 4.69) is 22.0 Å². The molecule has 43 heavy (non-hydrogen) atoms. The van der Waals surface area contributed by atoms with Crippen LogP contribution >= 0.6 is 11.6 Å². The van der Waals surface area contributed by atoms with Gasteiger partial charge < -0.3 is 19.1 Å². The van der Waals surface area contributed by atoms with Crippen molar-refractivity contribution in [3.63, 3.8) is 0 Å². The molecule has 0 saturated carbocycles. The highest BCUT2D eigenvalue weighted by molar-refractivity contribution is 6.30. The molecule has 0 amide bonds. The highest BCUT2D eigenvalue weighted by Gasteiger charge is 2.35. The minimum atomic E-state index is -1.06. The molecule has 8 nitrogen and oxygen atoms in total. The second-order valence-electron chi connectivity index (χ2n) is 11.7. The molecular formula is C33H32ClFN4O4. The number of aromatic nitrogens is 3. The molecular weight excluding hydrogens is 571 g/mol. The molecule has 3 aliphatic heterocycles. The van der Waals surface area contributed by atoms with Crippen LogP contribution in [0.4, 0.5) is 4.39 Å². The normalized spacial score (nSPS) is 22.3. The Morgan fingerprint density at radius 2 is 1.95 bits per heavy atom. The van der Waals surface area contributed by atoms with Crippen molar-refractivity contribution in [2.75, 3.05) is 19.7 Å². The lowest BCUT2D eigenvalue weighted by Crippen LogP contribution is -2.36. The van der Waals surface area contributed by atoms with Gasteiger partial charge in [-0.05, 0) is 81.1 Å². The summed E-state index contributed by atoms with van der Waals surface area (Å²) in [5.74, 6) is 0.518. The molecule has 0 spiro atoms. The number of hydrogen-bond acceptors (Lipinski definition) is 6. The Labute approximate surface area is 253 Å². The zero-order chi connectivity index (χ0) is 29.7. The van der Waals surface area contributed by atoms with Crippen molar-refractivity contribution in [1.29, 1.82) is 0 Å². The number of benzene rings is 2. The van der Waals surface area contributed by atoms with Crippen molar-refractivity contribution in [2.45, 2.75) is 56.9 Å². The molecule has 222 valence electrons. The smallest absolute Gasteiger partial charge is 0.354 e. The van der Waals surface area contributed by atoms with Crippen LogP contribution in [0.1, 0.15) is 65.1 Å². The number of rotatable bonds is 7. The number of carboxylic acids is 1. The molecule has 10 heteroatoms. The van der Waals surface area contributed by atoms with E-state index in [1.54, 1.807) is 18.2 Å². The Bertz CT molecular complexity index is 1740. The maximum Gasteiger partial charge on any atom is 0.354 e. The van der Waals surface area contributed by atoms with Crippen LogP contribution in [0, 0.1) is 5.82 Å². The van der Waals surface area contributed by atoms with Crippen molar-refractivity contribution < 1.29 is 23.8 Å². The summed E-state index contributed by atoms with van der Waals surface area (Å²) in [5, 5.41) is 9.84. The lowest BCUT2D eigenvalue weighted by atomic mass is 9.85. The quantitative estimate of drug-likeness (QED) is 0.261. The number of carboxylic acid groups (broad SMARTS) is 1. The number of likely N-dealkylation sites (tertiary alicyclic amines) is 1. The fourth-order valence-electron chi connectivity index (χ4n) is 6.39. The highest BCUT2D eigenvalue weighted by atomic mass is 35.5. The molecule has 7 rings (SSSR count). The summed E-state index contributed by atoms with van der Waals surface area (Å²) < 4.78 is 29.3. The molecule has 3 aliphatic rings. The Balaban J connectivity index is 1.09. The number of nitrogens with zero attached hydrogens (tertiary/aromatic N) is 4. The van der Waals surface area contributed by atoms with Crippen LogP contribution in [0.3, 0.4) is 0 Å². The van der Waals surface area contributed by atoms with Gasteiger partial charge in [-0.1, -0.05) is 41.9 Å². The maximum atomic E-state index is 14.9. The van der Waals surface area contributed by atoms with Crippen molar-refractivity contribution in [1.82, 2.24) is 19.4 Å². The topological polar surface area (TPSA) is 89.7 Å². The zero-order valence-electron chi connectivity index (χ0n) is 23.8. The minimum absolute atomic E-state index is 0.00805. The third kappa shape index (κ3) is 5.30. The van der Waals surface area contributed by atoms with Crippen LogP contribution in [0.2, 0.25) is 5.02 Å². The molecule has 5 heterocycles. The number of halogens is 2. The van der Waals surface area contributed by atoms with Crippen LogP contribution in [-0.4, -0.2) is 56.3 Å². The molecule has 0 aliphatic carbocycles. The number of ether oxygens (including phenoxy) is 2. The first-order valence-corrected chi connectivity index (χ1v) is 15.1. The Morgan fingerprint density at radius 1 is 1.14 bits per heavy atom. The predicted molar refractivity (Wildman–Crippen MR) is 161 cm³/mol. The first-order valence-electron chi connectivity index (χ1n) is 14.7. The predicted octanol–water partition coefficient (Wildman–Crippen LogP) is 6.41. The van der Waals surface area contributed by atoms with E-state index in [1.165, 1.54) is 12.1 Å². The SMILES string of the molecule is C[C@]1(c2ccc(Cl)cc2F)C=Cc2cccc(C3CCN(Cc4nc5ccc(C(=O)O)nc5n4C[C@@H]4CCO4)CC3)c2O1. The van der Waals surface area contributed by atoms with E-state index < -0.39 is 17.4 Å². The summed E-state index contributed by atoms with van der Waals surface area (Å²) in [5.41, 5.74) is 2.92. The number of pyridine rings is 1. The number of piperidine rings is 1. The van der Waals surface area contributed by atoms with Gasteiger partial charge in [-0.2, -0.15) is 0 Å². The molecule has 2 fully saturated rings. The number of fused-ring (bicyclic) bond motifs is 2. The monoisotopic (exact) mass is 602 g/mol. The van der Waals surface area contributed by atoms with Crippen molar-refractivity contribution in [2.24, 2.45) is 0 Å². The summed E-state index contributed by atoms with van der Waals surface area (Å²) in [6, 6.07) is 14.2. The number of aromatic carboxylic acids is 1.